The maximum atomic E-state index is 12.0. The van der Waals surface area contributed by atoms with Crippen LogP contribution in [0.3, 0.4) is 0 Å². The summed E-state index contributed by atoms with van der Waals surface area (Å²) in [4.78, 5) is 28.3. The number of benzene rings is 1. The highest BCUT2D eigenvalue weighted by molar-refractivity contribution is 5.81. The number of aryl methyl sites for hydroxylation is 1. The number of ether oxygens (including phenoxy) is 2. The van der Waals surface area contributed by atoms with E-state index >= 15 is 0 Å². The molecular weight excluding hydrogens is 334 g/mol. The second kappa shape index (κ2) is 8.03. The zero-order valence-electron chi connectivity index (χ0n) is 15.8. The maximum Gasteiger partial charge on any atom is 0.408 e. The highest BCUT2D eigenvalue weighted by atomic mass is 16.6. The largest absolute Gasteiger partial charge is 0.467 e. The van der Waals surface area contributed by atoms with E-state index in [1.54, 1.807) is 27.1 Å². The van der Waals surface area contributed by atoms with E-state index in [0.717, 1.165) is 11.3 Å². The molecule has 0 saturated carbocycles. The first-order valence-corrected chi connectivity index (χ1v) is 8.35. The molecule has 0 bridgehead atoms. The van der Waals surface area contributed by atoms with Crippen LogP contribution in [0.25, 0.3) is 5.69 Å². The summed E-state index contributed by atoms with van der Waals surface area (Å²) in [6.07, 6.45) is 3.02. The van der Waals surface area contributed by atoms with E-state index < -0.39 is 23.7 Å². The molecule has 140 valence electrons. The van der Waals surface area contributed by atoms with E-state index in [2.05, 4.69) is 10.3 Å². The van der Waals surface area contributed by atoms with E-state index in [-0.39, 0.29) is 6.42 Å². The summed E-state index contributed by atoms with van der Waals surface area (Å²) in [6, 6.07) is 7.10. The second-order valence-corrected chi connectivity index (χ2v) is 7.04. The molecule has 7 nitrogen and oxygen atoms in total. The van der Waals surface area contributed by atoms with Crippen molar-refractivity contribution in [2.24, 2.45) is 0 Å². The summed E-state index contributed by atoms with van der Waals surface area (Å²) in [5.41, 5.74) is 2.10. The summed E-state index contributed by atoms with van der Waals surface area (Å²) < 4.78 is 11.8. The molecule has 0 spiro atoms. The van der Waals surface area contributed by atoms with E-state index in [1.807, 2.05) is 42.0 Å². The van der Waals surface area contributed by atoms with Gasteiger partial charge in [0.15, 0.2) is 0 Å². The highest BCUT2D eigenvalue weighted by Crippen LogP contribution is 2.13. The monoisotopic (exact) mass is 359 g/mol. The molecule has 1 N–H and O–H groups in total. The molecule has 0 radical (unpaired) electrons. The van der Waals surface area contributed by atoms with Crippen molar-refractivity contribution in [1.29, 1.82) is 0 Å². The lowest BCUT2D eigenvalue weighted by Gasteiger charge is -2.22. The quantitative estimate of drug-likeness (QED) is 0.830. The van der Waals surface area contributed by atoms with Crippen molar-refractivity contribution in [3.8, 4) is 5.69 Å². The maximum absolute atomic E-state index is 12.0. The van der Waals surface area contributed by atoms with Crippen molar-refractivity contribution in [2.45, 2.75) is 45.8 Å². The van der Waals surface area contributed by atoms with Gasteiger partial charge in [-0.15, -0.1) is 0 Å². The fourth-order valence-electron chi connectivity index (χ4n) is 2.39. The summed E-state index contributed by atoms with van der Waals surface area (Å²) >= 11 is 0. The molecule has 0 aliphatic heterocycles. The van der Waals surface area contributed by atoms with Gasteiger partial charge in [-0.3, -0.25) is 0 Å². The Morgan fingerprint density at radius 3 is 2.65 bits per heavy atom. The molecule has 0 aliphatic rings. The molecule has 0 aliphatic carbocycles. The number of imidazole rings is 1. The molecule has 26 heavy (non-hydrogen) atoms. The second-order valence-electron chi connectivity index (χ2n) is 7.04. The normalized spacial score (nSPS) is 12.3. The van der Waals surface area contributed by atoms with Gasteiger partial charge >= 0.3 is 12.1 Å². The van der Waals surface area contributed by atoms with Crippen molar-refractivity contribution < 1.29 is 19.1 Å². The van der Waals surface area contributed by atoms with Crippen LogP contribution >= 0.6 is 0 Å². The fraction of sp³-hybridized carbons (Fsp3) is 0.421. The lowest BCUT2D eigenvalue weighted by atomic mass is 10.1. The van der Waals surface area contributed by atoms with Crippen molar-refractivity contribution in [3.63, 3.8) is 0 Å². The molecule has 1 atom stereocenters. The lowest BCUT2D eigenvalue weighted by Crippen LogP contribution is -2.45. The molecule has 1 aromatic heterocycles. The molecule has 0 unspecified atom stereocenters. The van der Waals surface area contributed by atoms with Crippen LogP contribution in [-0.2, 0) is 20.7 Å². The highest BCUT2D eigenvalue weighted by Gasteiger charge is 2.26. The van der Waals surface area contributed by atoms with Gasteiger partial charge < -0.3 is 19.4 Å². The SMILES string of the molecule is COC(=O)[C@H](Cc1cn(-c2cccc(C)c2)cn1)NC(=O)OC(C)(C)C. The summed E-state index contributed by atoms with van der Waals surface area (Å²) in [5, 5.41) is 2.55. The average molecular weight is 359 g/mol. The van der Waals surface area contributed by atoms with Crippen LogP contribution in [0.4, 0.5) is 4.79 Å². The molecule has 7 heteroatoms. The van der Waals surface area contributed by atoms with Crippen molar-refractivity contribution in [3.05, 3.63) is 48.0 Å². The zero-order valence-corrected chi connectivity index (χ0v) is 15.8. The molecule has 1 aromatic carbocycles. The minimum atomic E-state index is -0.879. The fourth-order valence-corrected chi connectivity index (χ4v) is 2.39. The van der Waals surface area contributed by atoms with Gasteiger partial charge in [-0.2, -0.15) is 0 Å². The molecule has 1 amide bonds. The van der Waals surface area contributed by atoms with Crippen LogP contribution < -0.4 is 5.32 Å². The van der Waals surface area contributed by atoms with E-state index in [1.165, 1.54) is 7.11 Å². The Bertz CT molecular complexity index is 777. The first-order chi connectivity index (χ1) is 12.2. The topological polar surface area (TPSA) is 82.5 Å². The number of alkyl carbamates (subject to hydrolysis) is 1. The van der Waals surface area contributed by atoms with E-state index in [9.17, 15) is 9.59 Å². The number of rotatable bonds is 5. The Hall–Kier alpha value is -2.83. The molecular formula is C19H25N3O4. The van der Waals surface area contributed by atoms with Crippen molar-refractivity contribution in [1.82, 2.24) is 14.9 Å². The number of carbonyl (C=O) groups excluding carboxylic acids is 2. The Balaban J connectivity index is 2.11. The third kappa shape index (κ3) is 5.61. The number of hydrogen-bond donors (Lipinski definition) is 1. The van der Waals surface area contributed by atoms with Crippen LogP contribution in [0.1, 0.15) is 32.0 Å². The molecule has 0 saturated heterocycles. The standard InChI is InChI=1S/C19H25N3O4/c1-13-7-6-8-15(9-13)22-11-14(20-12-22)10-16(17(23)25-5)21-18(24)26-19(2,3)4/h6-9,11-12,16H,10H2,1-5H3,(H,21,24)/t16-/m0/s1. The van der Waals surface area contributed by atoms with Crippen molar-refractivity contribution in [2.75, 3.05) is 7.11 Å². The third-order valence-electron chi connectivity index (χ3n) is 3.53. The predicted molar refractivity (Wildman–Crippen MR) is 97.2 cm³/mol. The van der Waals surface area contributed by atoms with E-state index in [0.29, 0.717) is 5.69 Å². The Morgan fingerprint density at radius 2 is 2.04 bits per heavy atom. The first-order valence-electron chi connectivity index (χ1n) is 8.35. The van der Waals surface area contributed by atoms with E-state index in [4.69, 9.17) is 9.47 Å². The van der Waals surface area contributed by atoms with Crippen LogP contribution in [-0.4, -0.2) is 40.4 Å². The Kier molecular flexibility index (Phi) is 6.02. The number of hydrogen-bond acceptors (Lipinski definition) is 5. The van der Waals surface area contributed by atoms with Gasteiger partial charge in [0.05, 0.1) is 19.1 Å². The van der Waals surface area contributed by atoms with Crippen LogP contribution in [0, 0.1) is 6.92 Å². The van der Waals surface area contributed by atoms with Gasteiger partial charge in [0.25, 0.3) is 0 Å². The van der Waals surface area contributed by atoms with Gasteiger partial charge in [-0.25, -0.2) is 14.6 Å². The predicted octanol–water partition coefficient (Wildman–Crippen LogP) is 2.79. The average Bonchev–Trinajstić information content (AvgIpc) is 3.00. The minimum absolute atomic E-state index is 0.199. The Labute approximate surface area is 153 Å². The molecule has 2 rings (SSSR count). The van der Waals surface area contributed by atoms with Crippen LogP contribution in [0.2, 0.25) is 0 Å². The Morgan fingerprint density at radius 1 is 1.31 bits per heavy atom. The number of carbonyl (C=O) groups is 2. The summed E-state index contributed by atoms with van der Waals surface area (Å²) in [5.74, 6) is -0.555. The first kappa shape index (κ1) is 19.5. The smallest absolute Gasteiger partial charge is 0.408 e. The minimum Gasteiger partial charge on any atom is -0.467 e. The van der Waals surface area contributed by atoms with Gasteiger partial charge in [0, 0.05) is 18.3 Å². The van der Waals surface area contributed by atoms with Crippen LogP contribution in [0.15, 0.2) is 36.8 Å². The molecule has 0 fully saturated rings. The summed E-state index contributed by atoms with van der Waals surface area (Å²) in [6.45, 7) is 7.27. The van der Waals surface area contributed by atoms with Crippen LogP contribution in [0.5, 0.6) is 0 Å². The van der Waals surface area contributed by atoms with Gasteiger partial charge in [0.2, 0.25) is 0 Å². The number of aromatic nitrogens is 2. The number of nitrogens with zero attached hydrogens (tertiary/aromatic N) is 2. The molecule has 1 heterocycles. The number of nitrogens with one attached hydrogen (secondary N) is 1. The van der Waals surface area contributed by atoms with Crippen molar-refractivity contribution >= 4 is 12.1 Å². The number of esters is 1. The van der Waals surface area contributed by atoms with Gasteiger partial charge in [-0.1, -0.05) is 12.1 Å². The number of methoxy groups -OCH3 is 1. The lowest BCUT2D eigenvalue weighted by molar-refractivity contribution is -0.143. The number of amides is 1. The molecule has 2 aromatic rings. The van der Waals surface area contributed by atoms with Gasteiger partial charge in [-0.05, 0) is 45.4 Å². The summed E-state index contributed by atoms with van der Waals surface area (Å²) in [7, 11) is 1.28. The van der Waals surface area contributed by atoms with Gasteiger partial charge in [0.1, 0.15) is 11.6 Å². The third-order valence-corrected chi connectivity index (χ3v) is 3.53. The zero-order chi connectivity index (χ0) is 19.3.